The minimum absolute atomic E-state index is 0.0514. The number of halogens is 1. The van der Waals surface area contributed by atoms with E-state index < -0.39 is 0 Å². The van der Waals surface area contributed by atoms with Crippen molar-refractivity contribution in [2.24, 2.45) is 5.73 Å². The van der Waals surface area contributed by atoms with Gasteiger partial charge in [0.2, 0.25) is 0 Å². The van der Waals surface area contributed by atoms with Crippen LogP contribution < -0.4 is 11.1 Å². The summed E-state index contributed by atoms with van der Waals surface area (Å²) in [5.74, 6) is 0. The van der Waals surface area contributed by atoms with E-state index in [2.05, 4.69) is 26.1 Å². The smallest absolute Gasteiger partial charge is 0.106 e. The van der Waals surface area contributed by atoms with E-state index in [0.717, 1.165) is 11.3 Å². The molecule has 0 bridgehead atoms. The van der Waals surface area contributed by atoms with Crippen LogP contribution >= 0.6 is 23.8 Å². The van der Waals surface area contributed by atoms with Crippen LogP contribution in [0.25, 0.3) is 0 Å². The summed E-state index contributed by atoms with van der Waals surface area (Å²) in [4.78, 5) is 0.374. The Morgan fingerprint density at radius 2 is 2.00 bits per heavy atom. The molecule has 1 aromatic carbocycles. The van der Waals surface area contributed by atoms with Crippen molar-refractivity contribution >= 4 is 34.5 Å². The number of nitrogens with one attached hydrogen (secondary N) is 1. The number of rotatable bonds is 2. The highest BCUT2D eigenvalue weighted by atomic mass is 35.5. The quantitative estimate of drug-likeness (QED) is 0.783. The van der Waals surface area contributed by atoms with Crippen molar-refractivity contribution in [1.82, 2.24) is 0 Å². The van der Waals surface area contributed by atoms with Crippen molar-refractivity contribution in [3.63, 3.8) is 0 Å². The molecule has 0 aromatic heterocycles. The maximum absolute atomic E-state index is 5.93. The zero-order chi connectivity index (χ0) is 11.6. The van der Waals surface area contributed by atoms with Gasteiger partial charge in [-0.25, -0.2) is 0 Å². The van der Waals surface area contributed by atoms with Gasteiger partial charge in [-0.1, -0.05) is 23.8 Å². The molecule has 0 aliphatic carbocycles. The van der Waals surface area contributed by atoms with Crippen molar-refractivity contribution < 1.29 is 0 Å². The Labute approximate surface area is 101 Å². The minimum Gasteiger partial charge on any atom is -0.389 e. The molecule has 1 aromatic rings. The summed E-state index contributed by atoms with van der Waals surface area (Å²) in [6, 6.07) is 5.45. The van der Waals surface area contributed by atoms with Crippen LogP contribution in [0.4, 0.5) is 5.69 Å². The summed E-state index contributed by atoms with van der Waals surface area (Å²) in [6.45, 7) is 6.20. The monoisotopic (exact) mass is 242 g/mol. The highest BCUT2D eigenvalue weighted by molar-refractivity contribution is 7.80. The maximum Gasteiger partial charge on any atom is 0.106 e. The summed E-state index contributed by atoms with van der Waals surface area (Å²) in [5, 5.41) is 3.99. The van der Waals surface area contributed by atoms with Gasteiger partial charge < -0.3 is 11.1 Å². The molecule has 0 radical (unpaired) electrons. The average molecular weight is 243 g/mol. The lowest BCUT2D eigenvalue weighted by Gasteiger charge is -2.24. The normalized spacial score (nSPS) is 11.2. The zero-order valence-electron chi connectivity index (χ0n) is 9.10. The van der Waals surface area contributed by atoms with E-state index in [9.17, 15) is 0 Å². The lowest BCUT2D eigenvalue weighted by atomic mass is 10.1. The molecule has 0 aliphatic heterocycles. The molecule has 82 valence electrons. The Bertz CT molecular complexity index is 383. The SMILES string of the molecule is CC(C)(C)Nc1cc(Cl)ccc1C(N)=S. The van der Waals surface area contributed by atoms with E-state index in [4.69, 9.17) is 29.6 Å². The van der Waals surface area contributed by atoms with Gasteiger partial charge >= 0.3 is 0 Å². The largest absolute Gasteiger partial charge is 0.389 e. The molecule has 0 amide bonds. The highest BCUT2D eigenvalue weighted by Gasteiger charge is 2.13. The predicted octanol–water partition coefficient (Wildman–Crippen LogP) is 3.18. The fourth-order valence-electron chi connectivity index (χ4n) is 1.24. The molecule has 3 N–H and O–H groups in total. The Kier molecular flexibility index (Phi) is 3.58. The third-order valence-corrected chi connectivity index (χ3v) is 2.21. The Morgan fingerprint density at radius 1 is 1.40 bits per heavy atom. The van der Waals surface area contributed by atoms with Crippen molar-refractivity contribution in [2.45, 2.75) is 26.3 Å². The number of benzene rings is 1. The van der Waals surface area contributed by atoms with Crippen LogP contribution in [0.5, 0.6) is 0 Å². The average Bonchev–Trinajstić information content (AvgIpc) is 1.99. The first-order valence-corrected chi connectivity index (χ1v) is 5.46. The number of thiocarbonyl (C=S) groups is 1. The van der Waals surface area contributed by atoms with Gasteiger partial charge in [0.05, 0.1) is 0 Å². The molecule has 15 heavy (non-hydrogen) atoms. The van der Waals surface area contributed by atoms with Crippen molar-refractivity contribution in [3.8, 4) is 0 Å². The van der Waals surface area contributed by atoms with Crippen LogP contribution in [-0.2, 0) is 0 Å². The van der Waals surface area contributed by atoms with E-state index >= 15 is 0 Å². The fraction of sp³-hybridized carbons (Fsp3) is 0.364. The van der Waals surface area contributed by atoms with E-state index in [0.29, 0.717) is 10.0 Å². The molecular weight excluding hydrogens is 228 g/mol. The first-order valence-electron chi connectivity index (χ1n) is 4.67. The molecule has 0 saturated heterocycles. The predicted molar refractivity (Wildman–Crippen MR) is 70.7 cm³/mol. The van der Waals surface area contributed by atoms with E-state index in [-0.39, 0.29) is 5.54 Å². The second-order valence-electron chi connectivity index (χ2n) is 4.43. The van der Waals surface area contributed by atoms with Gasteiger partial charge in [-0.05, 0) is 39.0 Å². The van der Waals surface area contributed by atoms with Gasteiger partial charge in [-0.15, -0.1) is 0 Å². The molecule has 0 heterocycles. The van der Waals surface area contributed by atoms with Crippen LogP contribution in [0.1, 0.15) is 26.3 Å². The van der Waals surface area contributed by atoms with Gasteiger partial charge in [0, 0.05) is 21.8 Å². The summed E-state index contributed by atoms with van der Waals surface area (Å²) in [5.41, 5.74) is 7.28. The molecule has 0 fully saturated rings. The van der Waals surface area contributed by atoms with Crippen molar-refractivity contribution in [3.05, 3.63) is 28.8 Å². The second-order valence-corrected chi connectivity index (χ2v) is 5.31. The minimum atomic E-state index is -0.0514. The third-order valence-electron chi connectivity index (χ3n) is 1.76. The second kappa shape index (κ2) is 4.37. The molecule has 0 saturated carbocycles. The molecule has 0 unspecified atom stereocenters. The summed E-state index contributed by atoms with van der Waals surface area (Å²) < 4.78 is 0. The molecule has 0 spiro atoms. The molecular formula is C11H15ClN2S. The number of hydrogen-bond acceptors (Lipinski definition) is 2. The maximum atomic E-state index is 5.93. The zero-order valence-corrected chi connectivity index (χ0v) is 10.7. The van der Waals surface area contributed by atoms with Crippen molar-refractivity contribution in [1.29, 1.82) is 0 Å². The molecule has 0 atom stereocenters. The lowest BCUT2D eigenvalue weighted by Crippen LogP contribution is -2.27. The molecule has 0 aliphatic rings. The fourth-order valence-corrected chi connectivity index (χ4v) is 1.59. The Morgan fingerprint density at radius 3 is 2.47 bits per heavy atom. The van der Waals surface area contributed by atoms with E-state index in [1.54, 1.807) is 6.07 Å². The van der Waals surface area contributed by atoms with Crippen LogP contribution in [0.3, 0.4) is 0 Å². The molecule has 1 rings (SSSR count). The van der Waals surface area contributed by atoms with Gasteiger partial charge in [0.25, 0.3) is 0 Å². The standard InChI is InChI=1S/C11H15ClN2S/c1-11(2,3)14-9-6-7(12)4-5-8(9)10(13)15/h4-6,14H,1-3H3,(H2,13,15). The van der Waals surface area contributed by atoms with Gasteiger partial charge in [-0.3, -0.25) is 0 Å². The van der Waals surface area contributed by atoms with Crippen molar-refractivity contribution in [2.75, 3.05) is 5.32 Å². The van der Waals surface area contributed by atoms with Gasteiger partial charge in [-0.2, -0.15) is 0 Å². The summed E-state index contributed by atoms with van der Waals surface area (Å²) >= 11 is 10.9. The highest BCUT2D eigenvalue weighted by Crippen LogP contribution is 2.24. The van der Waals surface area contributed by atoms with Crippen LogP contribution in [-0.4, -0.2) is 10.5 Å². The number of nitrogens with two attached hydrogens (primary N) is 1. The van der Waals surface area contributed by atoms with Gasteiger partial charge in [0.1, 0.15) is 4.99 Å². The van der Waals surface area contributed by atoms with Crippen LogP contribution in [0, 0.1) is 0 Å². The first-order chi connectivity index (χ1) is 6.79. The van der Waals surface area contributed by atoms with Crippen LogP contribution in [0.2, 0.25) is 5.02 Å². The molecule has 2 nitrogen and oxygen atoms in total. The number of anilines is 1. The Balaban J connectivity index is 3.13. The summed E-state index contributed by atoms with van der Waals surface area (Å²) in [7, 11) is 0. The van der Waals surface area contributed by atoms with Gasteiger partial charge in [0.15, 0.2) is 0 Å². The van der Waals surface area contributed by atoms with E-state index in [1.807, 2.05) is 12.1 Å². The van der Waals surface area contributed by atoms with E-state index in [1.165, 1.54) is 0 Å². The third kappa shape index (κ3) is 3.68. The molecule has 4 heteroatoms. The number of hydrogen-bond donors (Lipinski definition) is 2. The lowest BCUT2D eigenvalue weighted by molar-refractivity contribution is 0.634. The summed E-state index contributed by atoms with van der Waals surface area (Å²) in [6.07, 6.45) is 0. The van der Waals surface area contributed by atoms with Crippen LogP contribution in [0.15, 0.2) is 18.2 Å². The topological polar surface area (TPSA) is 38.0 Å². The first kappa shape index (κ1) is 12.3. The Hall–Kier alpha value is -0.800.